The van der Waals surface area contributed by atoms with Crippen molar-refractivity contribution in [3.63, 3.8) is 0 Å². The highest BCUT2D eigenvalue weighted by Crippen LogP contribution is 2.26. The second kappa shape index (κ2) is 7.04. The van der Waals surface area contributed by atoms with E-state index in [0.717, 1.165) is 0 Å². The molecule has 0 aliphatic rings. The van der Waals surface area contributed by atoms with Crippen molar-refractivity contribution in [3.05, 3.63) is 86.5 Å². The number of aryl methyl sites for hydroxylation is 1. The monoisotopic (exact) mass is 391 g/mol. The molecule has 2 aromatic heterocycles. The third-order valence-electron chi connectivity index (χ3n) is 4.31. The number of non-ortho nitro benzene ring substituents is 1. The fourth-order valence-corrected chi connectivity index (χ4v) is 2.93. The summed E-state index contributed by atoms with van der Waals surface area (Å²) in [4.78, 5) is 35.5. The van der Waals surface area contributed by atoms with Crippen LogP contribution in [-0.2, 0) is 0 Å². The van der Waals surface area contributed by atoms with Crippen molar-refractivity contribution in [2.75, 3.05) is 5.32 Å². The number of anilines is 1. The van der Waals surface area contributed by atoms with Crippen LogP contribution >= 0.6 is 0 Å². The summed E-state index contributed by atoms with van der Waals surface area (Å²) in [5, 5.41) is 17.7. The summed E-state index contributed by atoms with van der Waals surface area (Å²) in [5.74, 6) is -0.332. The molecule has 9 nitrogen and oxygen atoms in total. The van der Waals surface area contributed by atoms with Crippen LogP contribution in [0.3, 0.4) is 0 Å². The maximum atomic E-state index is 12.9. The summed E-state index contributed by atoms with van der Waals surface area (Å²) >= 11 is 0. The summed E-state index contributed by atoms with van der Waals surface area (Å²) in [7, 11) is 0. The molecule has 0 aliphatic heterocycles. The van der Waals surface area contributed by atoms with E-state index >= 15 is 0 Å². The van der Waals surface area contributed by atoms with Crippen molar-refractivity contribution >= 4 is 28.3 Å². The molecule has 29 heavy (non-hydrogen) atoms. The van der Waals surface area contributed by atoms with Crippen LogP contribution in [0.5, 0.6) is 0 Å². The zero-order valence-electron chi connectivity index (χ0n) is 15.0. The Morgan fingerprint density at radius 2 is 1.90 bits per heavy atom. The Bertz CT molecular complexity index is 1310. The number of hydrogen-bond donors (Lipinski definition) is 1. The number of nitrogens with one attached hydrogen (secondary N) is 1. The van der Waals surface area contributed by atoms with Gasteiger partial charge in [0.2, 0.25) is 0 Å². The molecule has 0 radical (unpaired) electrons. The minimum atomic E-state index is -0.782. The molecule has 4 aromatic rings. The zero-order valence-corrected chi connectivity index (χ0v) is 15.0. The topological polar surface area (TPSA) is 128 Å². The van der Waals surface area contributed by atoms with E-state index in [9.17, 15) is 19.7 Å². The van der Waals surface area contributed by atoms with Gasteiger partial charge in [0.1, 0.15) is 28.3 Å². The van der Waals surface area contributed by atoms with Crippen LogP contribution < -0.4 is 10.9 Å². The van der Waals surface area contributed by atoms with E-state index in [-0.39, 0.29) is 28.3 Å². The van der Waals surface area contributed by atoms with Crippen LogP contribution in [0.25, 0.3) is 22.2 Å². The molecular formula is C20H13N3O6. The van der Waals surface area contributed by atoms with E-state index in [4.69, 9.17) is 8.94 Å². The lowest BCUT2D eigenvalue weighted by Gasteiger charge is -2.06. The first-order chi connectivity index (χ1) is 13.9. The highest BCUT2D eigenvalue weighted by atomic mass is 16.6. The average molecular weight is 391 g/mol. The first-order valence-corrected chi connectivity index (χ1v) is 8.49. The number of carbonyl (C=O) groups excluding carboxylic acids is 1. The molecule has 0 atom stereocenters. The average Bonchev–Trinajstić information content (AvgIpc) is 3.10. The molecule has 0 fully saturated rings. The number of nitro benzene ring substituents is 1. The Morgan fingerprint density at radius 1 is 1.14 bits per heavy atom. The van der Waals surface area contributed by atoms with Gasteiger partial charge in [-0.3, -0.25) is 14.9 Å². The van der Waals surface area contributed by atoms with E-state index in [1.165, 1.54) is 24.3 Å². The van der Waals surface area contributed by atoms with Crippen LogP contribution in [-0.4, -0.2) is 16.0 Å². The second-order valence-electron chi connectivity index (χ2n) is 6.21. The first-order valence-electron chi connectivity index (χ1n) is 8.49. The molecule has 144 valence electrons. The number of aromatic nitrogens is 1. The quantitative estimate of drug-likeness (QED) is 0.317. The Labute approximate surface area is 162 Å². The Kier molecular flexibility index (Phi) is 4.40. The molecule has 9 heteroatoms. The molecule has 2 heterocycles. The minimum absolute atomic E-state index is 0.150. The molecule has 1 amide bonds. The number of benzene rings is 2. The third kappa shape index (κ3) is 3.36. The number of nitro groups is 1. The number of hydrogen-bond acceptors (Lipinski definition) is 7. The standard InChI is InChI=1S/C20H13N3O6/c1-11-17(18(22-29-11)12-5-3-2-4-6-12)19(24)21-15-10-13-9-14(23(26)27)7-8-16(13)28-20(15)25/h2-10H,1H3,(H,21,24). The van der Waals surface area contributed by atoms with E-state index in [1.807, 2.05) is 6.07 Å². The number of fused-ring (bicyclic) bond motifs is 1. The molecule has 1 N–H and O–H groups in total. The third-order valence-corrected chi connectivity index (χ3v) is 4.31. The van der Waals surface area contributed by atoms with Crippen LogP contribution in [0.1, 0.15) is 16.1 Å². The van der Waals surface area contributed by atoms with Gasteiger partial charge < -0.3 is 14.3 Å². The molecule has 4 rings (SSSR count). The molecule has 0 saturated carbocycles. The molecule has 0 aliphatic carbocycles. The van der Waals surface area contributed by atoms with Gasteiger partial charge in [-0.15, -0.1) is 0 Å². The number of rotatable bonds is 4. The molecule has 0 unspecified atom stereocenters. The molecule has 0 bridgehead atoms. The minimum Gasteiger partial charge on any atom is -0.421 e. The summed E-state index contributed by atoms with van der Waals surface area (Å²) in [6.45, 7) is 1.58. The van der Waals surface area contributed by atoms with Crippen LogP contribution in [0.15, 0.2) is 68.3 Å². The Hall–Kier alpha value is -4.27. The molecular weight excluding hydrogens is 378 g/mol. The normalized spacial score (nSPS) is 10.8. The largest absolute Gasteiger partial charge is 0.421 e. The van der Waals surface area contributed by atoms with E-state index < -0.39 is 16.5 Å². The van der Waals surface area contributed by atoms with Gasteiger partial charge in [0.25, 0.3) is 11.6 Å². The SMILES string of the molecule is Cc1onc(-c2ccccc2)c1C(=O)Nc1cc2cc([N+](=O)[O-])ccc2oc1=O. The van der Waals surface area contributed by atoms with Crippen molar-refractivity contribution in [1.29, 1.82) is 0 Å². The van der Waals surface area contributed by atoms with Crippen LogP contribution in [0, 0.1) is 17.0 Å². The number of nitrogens with zero attached hydrogens (tertiary/aromatic N) is 2. The van der Waals surface area contributed by atoms with Gasteiger partial charge in [0.15, 0.2) is 0 Å². The van der Waals surface area contributed by atoms with E-state index in [1.54, 1.807) is 31.2 Å². The highest BCUT2D eigenvalue weighted by Gasteiger charge is 2.23. The van der Waals surface area contributed by atoms with Crippen LogP contribution in [0.4, 0.5) is 11.4 Å². The van der Waals surface area contributed by atoms with Gasteiger partial charge in [-0.25, -0.2) is 4.79 Å². The lowest BCUT2D eigenvalue weighted by molar-refractivity contribution is -0.384. The lowest BCUT2D eigenvalue weighted by atomic mass is 10.1. The number of carbonyl (C=O) groups is 1. The van der Waals surface area contributed by atoms with Crippen molar-refractivity contribution in [2.45, 2.75) is 6.92 Å². The van der Waals surface area contributed by atoms with E-state index in [2.05, 4.69) is 10.5 Å². The van der Waals surface area contributed by atoms with Gasteiger partial charge >= 0.3 is 5.63 Å². The zero-order chi connectivity index (χ0) is 20.5. The van der Waals surface area contributed by atoms with E-state index in [0.29, 0.717) is 16.6 Å². The maximum Gasteiger partial charge on any atom is 0.360 e. The van der Waals surface area contributed by atoms with Crippen molar-refractivity contribution in [2.24, 2.45) is 0 Å². The number of amides is 1. The lowest BCUT2D eigenvalue weighted by Crippen LogP contribution is -2.18. The first kappa shape index (κ1) is 18.1. The summed E-state index contributed by atoms with van der Waals surface area (Å²) in [6.07, 6.45) is 0. The predicted octanol–water partition coefficient (Wildman–Crippen LogP) is 3.92. The van der Waals surface area contributed by atoms with Gasteiger partial charge in [-0.1, -0.05) is 35.5 Å². The Morgan fingerprint density at radius 3 is 2.62 bits per heavy atom. The van der Waals surface area contributed by atoms with Gasteiger partial charge in [-0.2, -0.15) is 0 Å². The van der Waals surface area contributed by atoms with Crippen molar-refractivity contribution in [3.8, 4) is 11.3 Å². The predicted molar refractivity (Wildman–Crippen MR) is 104 cm³/mol. The summed E-state index contributed by atoms with van der Waals surface area (Å²) in [6, 6.07) is 14.1. The fraction of sp³-hybridized carbons (Fsp3) is 0.0500. The molecule has 2 aromatic carbocycles. The summed E-state index contributed by atoms with van der Waals surface area (Å²) < 4.78 is 10.3. The van der Waals surface area contributed by atoms with Gasteiger partial charge in [0.05, 0.1) is 4.92 Å². The molecule has 0 saturated heterocycles. The maximum absolute atomic E-state index is 12.9. The Balaban J connectivity index is 1.73. The van der Waals surface area contributed by atoms with Gasteiger partial charge in [0, 0.05) is 23.1 Å². The van der Waals surface area contributed by atoms with Crippen molar-refractivity contribution < 1.29 is 18.7 Å². The highest BCUT2D eigenvalue weighted by molar-refractivity contribution is 6.09. The summed E-state index contributed by atoms with van der Waals surface area (Å²) in [5.41, 5.74) is 0.263. The van der Waals surface area contributed by atoms with Gasteiger partial charge in [-0.05, 0) is 19.1 Å². The molecule has 0 spiro atoms. The fourth-order valence-electron chi connectivity index (χ4n) is 2.93. The van der Waals surface area contributed by atoms with Crippen molar-refractivity contribution in [1.82, 2.24) is 5.16 Å². The smallest absolute Gasteiger partial charge is 0.360 e. The second-order valence-corrected chi connectivity index (χ2v) is 6.21. The van der Waals surface area contributed by atoms with Crippen LogP contribution in [0.2, 0.25) is 0 Å².